The molecule has 1 aromatic carbocycles. The largest absolute Gasteiger partial charge is 0.487 e. The number of fused-ring (bicyclic) bond motifs is 2. The summed E-state index contributed by atoms with van der Waals surface area (Å²) in [6.45, 7) is 0.313. The van der Waals surface area contributed by atoms with Gasteiger partial charge in [-0.25, -0.2) is 0 Å². The molecule has 4 heteroatoms. The van der Waals surface area contributed by atoms with Gasteiger partial charge in [-0.15, -0.1) is 0 Å². The van der Waals surface area contributed by atoms with Gasteiger partial charge < -0.3 is 19.5 Å². The van der Waals surface area contributed by atoms with Gasteiger partial charge in [-0.05, 0) is 38.8 Å². The molecule has 0 aromatic heterocycles. The van der Waals surface area contributed by atoms with Crippen LogP contribution in [-0.4, -0.2) is 19.4 Å². The fourth-order valence-electron chi connectivity index (χ4n) is 3.64. The number of rotatable bonds is 1. The second kappa shape index (κ2) is 4.04. The zero-order valence-corrected chi connectivity index (χ0v) is 11.2. The van der Waals surface area contributed by atoms with Crippen LogP contribution in [0.5, 0.6) is 17.2 Å². The highest BCUT2D eigenvalue weighted by Crippen LogP contribution is 2.50. The molecule has 1 aromatic rings. The summed E-state index contributed by atoms with van der Waals surface area (Å²) in [6.07, 6.45) is 5.93. The van der Waals surface area contributed by atoms with Crippen molar-refractivity contribution in [1.82, 2.24) is 5.32 Å². The van der Waals surface area contributed by atoms with E-state index in [0.717, 1.165) is 23.7 Å². The molecule has 0 bridgehead atoms. The first kappa shape index (κ1) is 11.4. The lowest BCUT2D eigenvalue weighted by molar-refractivity contribution is 0.0378. The lowest BCUT2D eigenvalue weighted by Crippen LogP contribution is -2.41. The molecular formula is C15H19NO3. The molecule has 1 unspecified atom stereocenters. The Balaban J connectivity index is 1.78. The summed E-state index contributed by atoms with van der Waals surface area (Å²) in [5.74, 6) is 2.62. The lowest BCUT2D eigenvalue weighted by Gasteiger charge is -2.40. The maximum Gasteiger partial charge on any atom is 0.231 e. The molecular weight excluding hydrogens is 242 g/mol. The van der Waals surface area contributed by atoms with Crippen molar-refractivity contribution in [3.8, 4) is 17.2 Å². The normalized spacial score (nSPS) is 26.3. The quantitative estimate of drug-likeness (QED) is 0.844. The molecule has 0 radical (unpaired) electrons. The SMILES string of the molecule is CNC1CC2(CCCC2)Oc2cc3c(cc21)OCO3. The van der Waals surface area contributed by atoms with Crippen LogP contribution in [0.3, 0.4) is 0 Å². The Morgan fingerprint density at radius 1 is 1.11 bits per heavy atom. The topological polar surface area (TPSA) is 39.7 Å². The number of benzene rings is 1. The van der Waals surface area contributed by atoms with Crippen LogP contribution in [0.4, 0.5) is 0 Å². The standard InChI is InChI=1S/C15H19NO3/c1-16-11-8-15(4-2-3-5-15)19-12-7-14-13(6-10(11)12)17-9-18-14/h6-7,11,16H,2-5,8-9H2,1H3. The number of ether oxygens (including phenoxy) is 3. The summed E-state index contributed by atoms with van der Waals surface area (Å²) in [5, 5.41) is 3.43. The third kappa shape index (κ3) is 1.70. The first-order valence-electron chi connectivity index (χ1n) is 7.09. The zero-order chi connectivity index (χ0) is 12.9. The fraction of sp³-hybridized carbons (Fsp3) is 0.600. The van der Waals surface area contributed by atoms with E-state index in [1.54, 1.807) is 0 Å². The third-order valence-electron chi connectivity index (χ3n) is 4.65. The Morgan fingerprint density at radius 2 is 1.84 bits per heavy atom. The summed E-state index contributed by atoms with van der Waals surface area (Å²) in [6, 6.07) is 4.42. The average molecular weight is 261 g/mol. The number of nitrogens with one attached hydrogen (secondary N) is 1. The van der Waals surface area contributed by atoms with Crippen LogP contribution < -0.4 is 19.5 Å². The Labute approximate surface area is 113 Å². The van der Waals surface area contributed by atoms with Crippen LogP contribution in [0.15, 0.2) is 12.1 Å². The fourth-order valence-corrected chi connectivity index (χ4v) is 3.64. The average Bonchev–Trinajstić information content (AvgIpc) is 3.04. The van der Waals surface area contributed by atoms with Gasteiger partial charge >= 0.3 is 0 Å². The number of hydrogen-bond acceptors (Lipinski definition) is 4. The third-order valence-corrected chi connectivity index (χ3v) is 4.65. The van der Waals surface area contributed by atoms with E-state index in [0.29, 0.717) is 12.8 Å². The molecule has 4 nitrogen and oxygen atoms in total. The minimum absolute atomic E-state index is 0.0361. The van der Waals surface area contributed by atoms with Crippen LogP contribution in [0, 0.1) is 0 Å². The van der Waals surface area contributed by atoms with Gasteiger partial charge in [0.2, 0.25) is 6.79 Å². The molecule has 2 heterocycles. The highest BCUT2D eigenvalue weighted by atomic mass is 16.7. The van der Waals surface area contributed by atoms with E-state index in [2.05, 4.69) is 11.4 Å². The van der Waals surface area contributed by atoms with Gasteiger partial charge in [0.15, 0.2) is 11.5 Å². The van der Waals surface area contributed by atoms with Crippen molar-refractivity contribution in [2.75, 3.05) is 13.8 Å². The van der Waals surface area contributed by atoms with Gasteiger partial charge in [0.25, 0.3) is 0 Å². The molecule has 0 amide bonds. The van der Waals surface area contributed by atoms with Crippen LogP contribution in [0.1, 0.15) is 43.7 Å². The van der Waals surface area contributed by atoms with Crippen molar-refractivity contribution < 1.29 is 14.2 Å². The minimum atomic E-state index is 0.0361. The second-order valence-corrected chi connectivity index (χ2v) is 5.78. The number of hydrogen-bond donors (Lipinski definition) is 1. The van der Waals surface area contributed by atoms with Gasteiger partial charge in [0, 0.05) is 24.1 Å². The van der Waals surface area contributed by atoms with Crippen molar-refractivity contribution >= 4 is 0 Å². The van der Waals surface area contributed by atoms with Crippen molar-refractivity contribution in [1.29, 1.82) is 0 Å². The summed E-state index contributed by atoms with van der Waals surface area (Å²) in [7, 11) is 2.02. The molecule has 2 aliphatic heterocycles. The van der Waals surface area contributed by atoms with Crippen LogP contribution in [0.2, 0.25) is 0 Å². The smallest absolute Gasteiger partial charge is 0.231 e. The summed E-state index contributed by atoms with van der Waals surface area (Å²) < 4.78 is 17.3. The Kier molecular flexibility index (Phi) is 2.42. The van der Waals surface area contributed by atoms with E-state index in [4.69, 9.17) is 14.2 Å². The predicted molar refractivity (Wildman–Crippen MR) is 70.8 cm³/mol. The van der Waals surface area contributed by atoms with Gasteiger partial charge in [-0.3, -0.25) is 0 Å². The zero-order valence-electron chi connectivity index (χ0n) is 11.2. The Morgan fingerprint density at radius 3 is 2.58 bits per heavy atom. The molecule has 1 spiro atoms. The van der Waals surface area contributed by atoms with Gasteiger partial charge in [0.1, 0.15) is 11.4 Å². The molecule has 1 atom stereocenters. The Hall–Kier alpha value is -1.42. The van der Waals surface area contributed by atoms with Gasteiger partial charge in [-0.2, -0.15) is 0 Å². The van der Waals surface area contributed by atoms with Crippen molar-refractivity contribution in [3.63, 3.8) is 0 Å². The predicted octanol–water partition coefficient (Wildman–Crippen LogP) is 2.77. The van der Waals surface area contributed by atoms with E-state index >= 15 is 0 Å². The maximum atomic E-state index is 6.36. The van der Waals surface area contributed by atoms with Crippen LogP contribution in [0.25, 0.3) is 0 Å². The summed E-state index contributed by atoms with van der Waals surface area (Å²) in [5.41, 5.74) is 1.23. The minimum Gasteiger partial charge on any atom is -0.487 e. The van der Waals surface area contributed by atoms with Gasteiger partial charge in [0.05, 0.1) is 0 Å². The molecule has 4 rings (SSSR count). The molecule has 3 aliphatic rings. The molecule has 0 saturated heterocycles. The molecule has 19 heavy (non-hydrogen) atoms. The molecule has 1 saturated carbocycles. The van der Waals surface area contributed by atoms with Crippen LogP contribution in [-0.2, 0) is 0 Å². The van der Waals surface area contributed by atoms with E-state index in [1.807, 2.05) is 13.1 Å². The summed E-state index contributed by atoms with van der Waals surface area (Å²) >= 11 is 0. The lowest BCUT2D eigenvalue weighted by atomic mass is 9.86. The molecule has 1 N–H and O–H groups in total. The van der Waals surface area contributed by atoms with E-state index < -0.39 is 0 Å². The van der Waals surface area contributed by atoms with E-state index in [1.165, 1.54) is 31.2 Å². The highest BCUT2D eigenvalue weighted by molar-refractivity contribution is 5.54. The highest BCUT2D eigenvalue weighted by Gasteiger charge is 2.43. The maximum absolute atomic E-state index is 6.36. The monoisotopic (exact) mass is 261 g/mol. The molecule has 1 fully saturated rings. The van der Waals surface area contributed by atoms with Crippen molar-refractivity contribution in [2.24, 2.45) is 0 Å². The van der Waals surface area contributed by atoms with E-state index in [9.17, 15) is 0 Å². The van der Waals surface area contributed by atoms with Crippen molar-refractivity contribution in [2.45, 2.75) is 43.7 Å². The second-order valence-electron chi connectivity index (χ2n) is 5.78. The molecule has 102 valence electrons. The first-order chi connectivity index (χ1) is 9.30. The summed E-state index contributed by atoms with van der Waals surface area (Å²) in [4.78, 5) is 0. The first-order valence-corrected chi connectivity index (χ1v) is 7.09. The molecule has 1 aliphatic carbocycles. The van der Waals surface area contributed by atoms with E-state index in [-0.39, 0.29) is 5.60 Å². The van der Waals surface area contributed by atoms with Gasteiger partial charge in [-0.1, -0.05) is 0 Å². The van der Waals surface area contributed by atoms with Crippen LogP contribution >= 0.6 is 0 Å². The van der Waals surface area contributed by atoms with Crippen molar-refractivity contribution in [3.05, 3.63) is 17.7 Å². The Bertz CT molecular complexity index is 508.